The Morgan fingerprint density at radius 1 is 1.30 bits per heavy atom. The van der Waals surface area contributed by atoms with Crippen LogP contribution in [0.15, 0.2) is 24.3 Å². The lowest BCUT2D eigenvalue weighted by atomic mass is 9.97. The van der Waals surface area contributed by atoms with E-state index >= 15 is 0 Å². The molecule has 2 saturated heterocycles. The van der Waals surface area contributed by atoms with Gasteiger partial charge in [0.1, 0.15) is 5.75 Å². The molecule has 2 aliphatic heterocycles. The monoisotopic (exact) mass is 317 g/mol. The van der Waals surface area contributed by atoms with Gasteiger partial charge >= 0.3 is 0 Å². The average molecular weight is 317 g/mol. The Bertz CT molecular complexity index is 507. The van der Waals surface area contributed by atoms with E-state index in [1.165, 1.54) is 31.5 Å². The molecule has 0 aliphatic carbocycles. The van der Waals surface area contributed by atoms with E-state index in [9.17, 15) is 5.11 Å². The molecule has 0 radical (unpaired) electrons. The maximum atomic E-state index is 9.93. The maximum absolute atomic E-state index is 9.93. The van der Waals surface area contributed by atoms with Gasteiger partial charge in [-0.1, -0.05) is 19.1 Å². The predicted octanol–water partition coefficient (Wildman–Crippen LogP) is 2.46. The number of benzene rings is 1. The van der Waals surface area contributed by atoms with Crippen LogP contribution in [0.5, 0.6) is 5.75 Å². The molecule has 3 unspecified atom stereocenters. The number of piperidine rings is 1. The summed E-state index contributed by atoms with van der Waals surface area (Å²) in [5, 5.41) is 13.4. The molecule has 0 bridgehead atoms. The molecular formula is C19H31N3O. The summed E-state index contributed by atoms with van der Waals surface area (Å²) in [5.41, 5.74) is 1.25. The highest BCUT2D eigenvalue weighted by atomic mass is 16.3. The van der Waals surface area contributed by atoms with E-state index in [-0.39, 0.29) is 0 Å². The second kappa shape index (κ2) is 7.65. The number of aromatic hydroxyl groups is 1. The van der Waals surface area contributed by atoms with Gasteiger partial charge in [-0.25, -0.2) is 0 Å². The number of nitrogens with one attached hydrogen (secondary N) is 1. The zero-order valence-corrected chi connectivity index (χ0v) is 14.5. The van der Waals surface area contributed by atoms with E-state index < -0.39 is 0 Å². The summed E-state index contributed by atoms with van der Waals surface area (Å²) in [6, 6.07) is 8.76. The van der Waals surface area contributed by atoms with Gasteiger partial charge < -0.3 is 15.3 Å². The molecule has 4 heteroatoms. The van der Waals surface area contributed by atoms with Gasteiger partial charge in [0, 0.05) is 44.8 Å². The normalized spacial score (nSPS) is 28.6. The molecule has 2 aliphatic rings. The lowest BCUT2D eigenvalue weighted by Crippen LogP contribution is -2.53. The van der Waals surface area contributed by atoms with E-state index in [4.69, 9.17) is 0 Å². The van der Waals surface area contributed by atoms with Gasteiger partial charge in [0.2, 0.25) is 0 Å². The van der Waals surface area contributed by atoms with Crippen molar-refractivity contribution in [3.63, 3.8) is 0 Å². The molecule has 23 heavy (non-hydrogen) atoms. The minimum Gasteiger partial charge on any atom is -0.508 e. The Morgan fingerprint density at radius 2 is 2.17 bits per heavy atom. The lowest BCUT2D eigenvalue weighted by molar-refractivity contribution is 0.0699. The summed E-state index contributed by atoms with van der Waals surface area (Å²) in [5.74, 6) is 1.18. The molecule has 2 N–H and O–H groups in total. The first-order valence-electron chi connectivity index (χ1n) is 9.11. The number of piperazine rings is 1. The van der Waals surface area contributed by atoms with Crippen LogP contribution >= 0.6 is 0 Å². The largest absolute Gasteiger partial charge is 0.508 e. The van der Waals surface area contributed by atoms with Gasteiger partial charge in [-0.3, -0.25) is 4.90 Å². The third-order valence-electron chi connectivity index (χ3n) is 5.38. The van der Waals surface area contributed by atoms with Gasteiger partial charge in [-0.2, -0.15) is 0 Å². The van der Waals surface area contributed by atoms with Crippen LogP contribution in [0.2, 0.25) is 0 Å². The van der Waals surface area contributed by atoms with Crippen molar-refractivity contribution in [3.8, 4) is 5.75 Å². The van der Waals surface area contributed by atoms with E-state index in [1.54, 1.807) is 6.07 Å². The van der Waals surface area contributed by atoms with Crippen LogP contribution in [0.3, 0.4) is 0 Å². The van der Waals surface area contributed by atoms with Crippen molar-refractivity contribution in [2.75, 3.05) is 39.3 Å². The minimum atomic E-state index is 0.365. The minimum absolute atomic E-state index is 0.365. The molecule has 4 nitrogen and oxygen atoms in total. The van der Waals surface area contributed by atoms with Gasteiger partial charge in [0.25, 0.3) is 0 Å². The molecule has 128 valence electrons. The van der Waals surface area contributed by atoms with Crippen molar-refractivity contribution >= 4 is 0 Å². The Hall–Kier alpha value is -1.10. The first-order valence-corrected chi connectivity index (χ1v) is 9.11. The van der Waals surface area contributed by atoms with Crippen molar-refractivity contribution in [3.05, 3.63) is 29.8 Å². The molecule has 0 aromatic heterocycles. The second-order valence-corrected chi connectivity index (χ2v) is 7.41. The van der Waals surface area contributed by atoms with E-state index in [0.29, 0.717) is 17.8 Å². The maximum Gasteiger partial charge on any atom is 0.115 e. The third-order valence-corrected chi connectivity index (χ3v) is 5.38. The van der Waals surface area contributed by atoms with E-state index in [1.807, 2.05) is 12.1 Å². The van der Waals surface area contributed by atoms with Crippen molar-refractivity contribution in [1.29, 1.82) is 0 Å². The number of rotatable bonds is 4. The van der Waals surface area contributed by atoms with Crippen molar-refractivity contribution in [1.82, 2.24) is 15.1 Å². The molecule has 0 amide bonds. The number of phenols is 1. The molecule has 0 saturated carbocycles. The fourth-order valence-electron chi connectivity index (χ4n) is 4.15. The van der Waals surface area contributed by atoms with Gasteiger partial charge in [0.15, 0.2) is 0 Å². The van der Waals surface area contributed by atoms with Crippen molar-refractivity contribution in [2.45, 2.75) is 38.8 Å². The van der Waals surface area contributed by atoms with E-state index in [0.717, 1.165) is 32.1 Å². The van der Waals surface area contributed by atoms with Crippen LogP contribution in [0.25, 0.3) is 0 Å². The molecule has 2 heterocycles. The molecule has 1 aromatic rings. The smallest absolute Gasteiger partial charge is 0.115 e. The molecular weight excluding hydrogens is 286 g/mol. The highest BCUT2D eigenvalue weighted by Gasteiger charge is 2.30. The fourth-order valence-corrected chi connectivity index (χ4v) is 4.15. The molecule has 3 atom stereocenters. The Balaban J connectivity index is 1.80. The summed E-state index contributed by atoms with van der Waals surface area (Å²) in [6.45, 7) is 11.3. The molecule has 3 rings (SSSR count). The molecule has 0 spiro atoms. The van der Waals surface area contributed by atoms with Crippen LogP contribution in [0, 0.1) is 5.92 Å². The zero-order valence-electron chi connectivity index (χ0n) is 14.5. The van der Waals surface area contributed by atoms with Crippen molar-refractivity contribution < 1.29 is 5.11 Å². The number of nitrogens with zero attached hydrogens (tertiary/aromatic N) is 2. The molecule has 2 fully saturated rings. The summed E-state index contributed by atoms with van der Waals surface area (Å²) in [4.78, 5) is 5.24. The van der Waals surface area contributed by atoms with Gasteiger partial charge in [-0.15, -0.1) is 0 Å². The first-order chi connectivity index (χ1) is 11.1. The molecule has 1 aromatic carbocycles. The van der Waals surface area contributed by atoms with Crippen LogP contribution in [-0.2, 0) is 0 Å². The predicted molar refractivity (Wildman–Crippen MR) is 94.7 cm³/mol. The summed E-state index contributed by atoms with van der Waals surface area (Å²) < 4.78 is 0. The average Bonchev–Trinajstić information content (AvgIpc) is 2.53. The second-order valence-electron chi connectivity index (χ2n) is 7.41. The zero-order chi connectivity index (χ0) is 16.2. The SMILES string of the molecule is CC1CCCN(CC(c2cccc(O)c2)N2CCNCC2C)C1. The van der Waals surface area contributed by atoms with Gasteiger partial charge in [-0.05, 0) is 49.9 Å². The van der Waals surface area contributed by atoms with Crippen molar-refractivity contribution in [2.24, 2.45) is 5.92 Å². The fraction of sp³-hybridized carbons (Fsp3) is 0.684. The standard InChI is InChI=1S/C19H31N3O/c1-15-5-4-9-21(13-15)14-19(17-6-3-7-18(23)11-17)22-10-8-20-12-16(22)2/h3,6-7,11,15-16,19-20,23H,4-5,8-10,12-14H2,1-2H3. The quantitative estimate of drug-likeness (QED) is 0.895. The topological polar surface area (TPSA) is 38.7 Å². The third kappa shape index (κ3) is 4.25. The highest BCUT2D eigenvalue weighted by molar-refractivity contribution is 5.30. The number of hydrogen-bond acceptors (Lipinski definition) is 4. The van der Waals surface area contributed by atoms with E-state index in [2.05, 4.69) is 35.0 Å². The van der Waals surface area contributed by atoms with Gasteiger partial charge in [0.05, 0.1) is 0 Å². The number of phenolic OH excluding ortho intramolecular Hbond substituents is 1. The number of hydrogen-bond donors (Lipinski definition) is 2. The Morgan fingerprint density at radius 3 is 2.91 bits per heavy atom. The summed E-state index contributed by atoms with van der Waals surface area (Å²) in [7, 11) is 0. The van der Waals surface area contributed by atoms with Crippen LogP contribution in [0.1, 0.15) is 38.3 Å². The Kier molecular flexibility index (Phi) is 5.57. The Labute approximate surface area is 140 Å². The first kappa shape index (κ1) is 16.7. The summed E-state index contributed by atoms with van der Waals surface area (Å²) in [6.07, 6.45) is 2.67. The van der Waals surface area contributed by atoms with Crippen LogP contribution in [0.4, 0.5) is 0 Å². The van der Waals surface area contributed by atoms with Crippen LogP contribution < -0.4 is 5.32 Å². The summed E-state index contributed by atoms with van der Waals surface area (Å²) >= 11 is 0. The number of likely N-dealkylation sites (tertiary alicyclic amines) is 1. The van der Waals surface area contributed by atoms with Crippen LogP contribution in [-0.4, -0.2) is 60.2 Å². The lowest BCUT2D eigenvalue weighted by Gasteiger charge is -2.43. The highest BCUT2D eigenvalue weighted by Crippen LogP contribution is 2.29.